The number of rotatable bonds is 9. The number of nitrogens with one attached hydrogen (secondary N) is 1. The molecule has 5 nitrogen and oxygen atoms in total. The second kappa shape index (κ2) is 10.5. The van der Waals surface area contributed by atoms with Crippen molar-refractivity contribution >= 4 is 22.9 Å². The van der Waals surface area contributed by atoms with Gasteiger partial charge in [0.05, 0.1) is 11.8 Å². The molecule has 2 aromatic carbocycles. The van der Waals surface area contributed by atoms with E-state index in [1.54, 1.807) is 29.7 Å². The van der Waals surface area contributed by atoms with E-state index in [0.717, 1.165) is 33.1 Å². The van der Waals surface area contributed by atoms with Crippen molar-refractivity contribution in [3.8, 4) is 27.6 Å². The molecule has 2 heterocycles. The van der Waals surface area contributed by atoms with Crippen LogP contribution in [0.15, 0.2) is 78.3 Å². The first kappa shape index (κ1) is 21.5. The Bertz CT molecular complexity index is 1090. The van der Waals surface area contributed by atoms with Crippen LogP contribution in [0.1, 0.15) is 11.7 Å². The van der Waals surface area contributed by atoms with E-state index in [1.165, 1.54) is 0 Å². The maximum Gasteiger partial charge on any atom is 0.129 e. The van der Waals surface area contributed by atoms with E-state index in [2.05, 4.69) is 27.8 Å². The van der Waals surface area contributed by atoms with Crippen LogP contribution in [0, 0.1) is 0 Å². The molecular formula is C24H22ClN3O2S. The van der Waals surface area contributed by atoms with Crippen LogP contribution in [0.5, 0.6) is 5.75 Å². The molecule has 1 atom stereocenters. The maximum absolute atomic E-state index is 10.1. The number of thiazole rings is 1. The summed E-state index contributed by atoms with van der Waals surface area (Å²) in [5.74, 6) is 0.799. The van der Waals surface area contributed by atoms with Gasteiger partial charge in [-0.05, 0) is 30.3 Å². The van der Waals surface area contributed by atoms with Crippen molar-refractivity contribution in [2.45, 2.75) is 6.10 Å². The minimum absolute atomic E-state index is 0.412. The molecule has 0 saturated carbocycles. The average Bonchev–Trinajstić information content (AvgIpc) is 3.30. The summed E-state index contributed by atoms with van der Waals surface area (Å²) >= 11 is 7.40. The summed E-state index contributed by atoms with van der Waals surface area (Å²) in [7, 11) is 0. The lowest BCUT2D eigenvalue weighted by atomic mass is 10.1. The van der Waals surface area contributed by atoms with Crippen molar-refractivity contribution < 1.29 is 9.84 Å². The van der Waals surface area contributed by atoms with Gasteiger partial charge in [-0.15, -0.1) is 11.3 Å². The lowest BCUT2D eigenvalue weighted by Gasteiger charge is -2.12. The second-order valence-electron chi connectivity index (χ2n) is 6.91. The maximum atomic E-state index is 10.1. The van der Waals surface area contributed by atoms with Gasteiger partial charge >= 0.3 is 0 Å². The average molecular weight is 452 g/mol. The highest BCUT2D eigenvalue weighted by molar-refractivity contribution is 7.13. The molecule has 4 aromatic rings. The van der Waals surface area contributed by atoms with Crippen molar-refractivity contribution in [3.63, 3.8) is 0 Å². The minimum Gasteiger partial charge on any atom is -0.492 e. The van der Waals surface area contributed by atoms with Gasteiger partial charge in [0.1, 0.15) is 22.5 Å². The topological polar surface area (TPSA) is 67.3 Å². The van der Waals surface area contributed by atoms with Gasteiger partial charge in [-0.3, -0.25) is 0 Å². The number of aliphatic hydroxyl groups excluding tert-OH is 1. The first-order chi connectivity index (χ1) is 15.2. The van der Waals surface area contributed by atoms with E-state index in [-0.39, 0.29) is 0 Å². The molecule has 0 aliphatic heterocycles. The first-order valence-electron chi connectivity index (χ1n) is 9.93. The predicted octanol–water partition coefficient (Wildman–Crippen LogP) is 5.23. The summed E-state index contributed by atoms with van der Waals surface area (Å²) in [6.45, 7) is 1.53. The van der Waals surface area contributed by atoms with Crippen LogP contribution >= 0.6 is 22.9 Å². The van der Waals surface area contributed by atoms with Crippen LogP contribution in [-0.4, -0.2) is 34.8 Å². The summed E-state index contributed by atoms with van der Waals surface area (Å²) in [5, 5.41) is 16.8. The Hall–Kier alpha value is -2.77. The van der Waals surface area contributed by atoms with E-state index in [1.807, 2.05) is 42.5 Å². The van der Waals surface area contributed by atoms with Gasteiger partial charge < -0.3 is 15.2 Å². The second-order valence-corrected chi connectivity index (χ2v) is 8.16. The monoisotopic (exact) mass is 451 g/mol. The van der Waals surface area contributed by atoms with Crippen molar-refractivity contribution in [2.75, 3.05) is 19.7 Å². The number of aromatic nitrogens is 2. The predicted molar refractivity (Wildman–Crippen MR) is 126 cm³/mol. The molecule has 2 N–H and O–H groups in total. The molecule has 0 aliphatic carbocycles. The van der Waals surface area contributed by atoms with E-state index in [4.69, 9.17) is 21.3 Å². The molecule has 0 spiro atoms. The summed E-state index contributed by atoms with van der Waals surface area (Å²) in [5.41, 5.74) is 3.90. The lowest BCUT2D eigenvalue weighted by molar-refractivity contribution is 0.171. The largest absolute Gasteiger partial charge is 0.492 e. The lowest BCUT2D eigenvalue weighted by Crippen LogP contribution is -2.26. The van der Waals surface area contributed by atoms with Crippen LogP contribution in [0.3, 0.4) is 0 Å². The van der Waals surface area contributed by atoms with Crippen molar-refractivity contribution in [1.82, 2.24) is 15.3 Å². The number of ether oxygens (including phenoxy) is 1. The van der Waals surface area contributed by atoms with Gasteiger partial charge in [-0.2, -0.15) is 0 Å². The van der Waals surface area contributed by atoms with E-state index >= 15 is 0 Å². The third-order valence-corrected chi connectivity index (χ3v) is 5.81. The number of aliphatic hydroxyl groups is 1. The normalized spacial score (nSPS) is 11.9. The van der Waals surface area contributed by atoms with E-state index in [0.29, 0.717) is 24.8 Å². The number of hydrogen-bond acceptors (Lipinski definition) is 6. The fourth-order valence-corrected chi connectivity index (χ4v) is 3.97. The molecule has 31 heavy (non-hydrogen) atoms. The number of benzene rings is 2. The number of halogens is 1. The van der Waals surface area contributed by atoms with Crippen molar-refractivity contribution in [1.29, 1.82) is 0 Å². The Morgan fingerprint density at radius 1 is 1.00 bits per heavy atom. The quantitative estimate of drug-likeness (QED) is 0.269. The highest BCUT2D eigenvalue weighted by Gasteiger charge is 2.08. The highest BCUT2D eigenvalue weighted by atomic mass is 35.5. The molecule has 2 aromatic heterocycles. The molecule has 1 unspecified atom stereocenters. The molecular weight excluding hydrogens is 430 g/mol. The molecule has 0 fully saturated rings. The van der Waals surface area contributed by atoms with Gasteiger partial charge in [0.25, 0.3) is 0 Å². The summed E-state index contributed by atoms with van der Waals surface area (Å²) in [6, 6.07) is 21.6. The molecule has 4 rings (SSSR count). The van der Waals surface area contributed by atoms with Gasteiger partial charge in [0.15, 0.2) is 0 Å². The van der Waals surface area contributed by atoms with E-state index in [9.17, 15) is 5.11 Å². The summed E-state index contributed by atoms with van der Waals surface area (Å²) in [6.07, 6.45) is 0.945. The van der Waals surface area contributed by atoms with E-state index < -0.39 is 6.10 Å². The minimum atomic E-state index is -0.636. The third kappa shape index (κ3) is 5.89. The first-order valence-corrected chi connectivity index (χ1v) is 11.2. The third-order valence-electron chi connectivity index (χ3n) is 4.70. The van der Waals surface area contributed by atoms with Gasteiger partial charge in [-0.1, -0.05) is 48.0 Å². The van der Waals surface area contributed by atoms with Crippen LogP contribution in [0.25, 0.3) is 21.8 Å². The Morgan fingerprint density at radius 2 is 1.81 bits per heavy atom. The number of pyridine rings is 1. The molecule has 158 valence electrons. The van der Waals surface area contributed by atoms with Crippen molar-refractivity contribution in [3.05, 3.63) is 89.0 Å². The molecule has 0 amide bonds. The zero-order chi connectivity index (χ0) is 21.5. The smallest absolute Gasteiger partial charge is 0.129 e. The molecule has 0 saturated heterocycles. The van der Waals surface area contributed by atoms with Crippen molar-refractivity contribution in [2.24, 2.45) is 0 Å². The Morgan fingerprint density at radius 3 is 2.55 bits per heavy atom. The fourth-order valence-electron chi connectivity index (χ4n) is 3.02. The zero-order valence-corrected chi connectivity index (χ0v) is 18.3. The highest BCUT2D eigenvalue weighted by Crippen LogP contribution is 2.29. The van der Waals surface area contributed by atoms with Gasteiger partial charge in [0.2, 0.25) is 0 Å². The van der Waals surface area contributed by atoms with Gasteiger partial charge in [0, 0.05) is 41.4 Å². The number of hydrogen-bond donors (Lipinski definition) is 2. The SMILES string of the molecule is OC(CNCCOc1ccc(-c2nc(-c3ccccc3)cs2)cc1)c1ccc(Cl)nc1. The van der Waals surface area contributed by atoms with Crippen LogP contribution in [-0.2, 0) is 0 Å². The molecule has 0 radical (unpaired) electrons. The summed E-state index contributed by atoms with van der Waals surface area (Å²) < 4.78 is 5.78. The number of nitrogens with zero attached hydrogens (tertiary/aromatic N) is 2. The zero-order valence-electron chi connectivity index (χ0n) is 16.7. The molecule has 0 aliphatic rings. The van der Waals surface area contributed by atoms with Crippen LogP contribution in [0.2, 0.25) is 5.15 Å². The summed E-state index contributed by atoms with van der Waals surface area (Å²) in [4.78, 5) is 8.72. The van der Waals surface area contributed by atoms with Crippen LogP contribution < -0.4 is 10.1 Å². The molecule has 0 bridgehead atoms. The standard InChI is InChI=1S/C24H22ClN3O2S/c25-23-11-8-19(14-27-23)22(29)15-26-12-13-30-20-9-6-18(7-10-20)24-28-21(16-31-24)17-4-2-1-3-5-17/h1-11,14,16,22,26,29H,12-13,15H2. The Balaban J connectivity index is 1.23. The Kier molecular flexibility index (Phi) is 7.27. The molecule has 7 heteroatoms. The Labute approximate surface area is 190 Å². The fraction of sp³-hybridized carbons (Fsp3) is 0.167. The van der Waals surface area contributed by atoms with Crippen LogP contribution in [0.4, 0.5) is 0 Å². The van der Waals surface area contributed by atoms with Gasteiger partial charge in [-0.25, -0.2) is 9.97 Å².